The lowest BCUT2D eigenvalue weighted by atomic mass is 10.1. The fourth-order valence-corrected chi connectivity index (χ4v) is 2.53. The fraction of sp³-hybridized carbons (Fsp3) is 0.538. The first-order valence-corrected chi connectivity index (χ1v) is 7.52. The molecule has 3 unspecified atom stereocenters. The molecule has 112 valence electrons. The third kappa shape index (κ3) is 3.74. The maximum Gasteiger partial charge on any atom is 0.232 e. The summed E-state index contributed by atoms with van der Waals surface area (Å²) in [6.07, 6.45) is 1.12. The Hall–Kier alpha value is -1.05. The molecule has 1 aliphatic rings. The number of benzene rings is 1. The molecule has 0 saturated heterocycles. The van der Waals surface area contributed by atoms with Crippen molar-refractivity contribution in [1.29, 1.82) is 0 Å². The largest absolute Gasteiger partial charge is 0.372 e. The molecule has 1 aliphatic carbocycles. The van der Waals surface area contributed by atoms with Gasteiger partial charge in [0.2, 0.25) is 11.3 Å². The van der Waals surface area contributed by atoms with Gasteiger partial charge in [0, 0.05) is 31.8 Å². The molecule has 1 fully saturated rings. The molecule has 1 aromatic carbocycles. The molecule has 2 N–H and O–H groups in total. The highest BCUT2D eigenvalue weighted by Gasteiger charge is 2.33. The summed E-state index contributed by atoms with van der Waals surface area (Å²) >= 11 is -2.25. The molecule has 0 heterocycles. The van der Waals surface area contributed by atoms with Gasteiger partial charge in [-0.05, 0) is 24.3 Å². The zero-order valence-electron chi connectivity index (χ0n) is 11.4. The fourth-order valence-electron chi connectivity index (χ4n) is 2.25. The highest BCUT2D eigenvalue weighted by molar-refractivity contribution is 7.77. The van der Waals surface area contributed by atoms with Crippen molar-refractivity contribution in [3.8, 4) is 0 Å². The van der Waals surface area contributed by atoms with Gasteiger partial charge in [-0.3, -0.25) is 4.55 Å². The van der Waals surface area contributed by atoms with Crippen LogP contribution in [-0.2, 0) is 17.8 Å². The van der Waals surface area contributed by atoms with Crippen molar-refractivity contribution in [3.05, 3.63) is 29.3 Å². The van der Waals surface area contributed by atoms with E-state index < -0.39 is 22.9 Å². The average Bonchev–Trinajstić information content (AvgIpc) is 3.05. The highest BCUT2D eigenvalue weighted by atomic mass is 32.2. The van der Waals surface area contributed by atoms with Crippen molar-refractivity contribution in [2.75, 3.05) is 18.5 Å². The van der Waals surface area contributed by atoms with Gasteiger partial charge in [-0.15, -0.1) is 0 Å². The van der Waals surface area contributed by atoms with Crippen molar-refractivity contribution in [1.82, 2.24) is 4.72 Å². The van der Waals surface area contributed by atoms with Crippen LogP contribution < -0.4 is 9.62 Å². The molecular formula is C13H18F2N2O2S. The first-order valence-electron chi connectivity index (χ1n) is 6.42. The van der Waals surface area contributed by atoms with E-state index in [4.69, 9.17) is 4.55 Å². The molecule has 0 amide bonds. The number of rotatable bonds is 6. The smallest absolute Gasteiger partial charge is 0.232 e. The van der Waals surface area contributed by atoms with Crippen LogP contribution >= 0.6 is 0 Å². The summed E-state index contributed by atoms with van der Waals surface area (Å²) in [6.45, 7) is 2.64. The van der Waals surface area contributed by atoms with Crippen molar-refractivity contribution < 1.29 is 17.5 Å². The van der Waals surface area contributed by atoms with Crippen molar-refractivity contribution in [3.63, 3.8) is 0 Å². The summed E-state index contributed by atoms with van der Waals surface area (Å²) in [5, 5.41) is 0. The minimum atomic E-state index is -2.25. The molecule has 0 aliphatic heterocycles. The first kappa shape index (κ1) is 15.3. The highest BCUT2D eigenvalue weighted by Crippen LogP contribution is 2.39. The van der Waals surface area contributed by atoms with E-state index >= 15 is 0 Å². The minimum Gasteiger partial charge on any atom is -0.372 e. The summed E-state index contributed by atoms with van der Waals surface area (Å²) in [5.41, 5.74) is 0.248. The second-order valence-corrected chi connectivity index (χ2v) is 6.11. The van der Waals surface area contributed by atoms with E-state index in [1.807, 2.05) is 0 Å². The Morgan fingerprint density at radius 1 is 1.45 bits per heavy atom. The molecule has 2 rings (SSSR count). The van der Waals surface area contributed by atoms with E-state index in [-0.39, 0.29) is 17.8 Å². The maximum absolute atomic E-state index is 14.0. The number of halogens is 2. The molecule has 1 aromatic rings. The van der Waals surface area contributed by atoms with E-state index in [0.717, 1.165) is 18.6 Å². The molecule has 0 radical (unpaired) electrons. The van der Waals surface area contributed by atoms with Gasteiger partial charge in [-0.25, -0.2) is 17.7 Å². The second kappa shape index (κ2) is 6.15. The van der Waals surface area contributed by atoms with Gasteiger partial charge in [0.15, 0.2) is 0 Å². The molecular weight excluding hydrogens is 286 g/mol. The first-order chi connectivity index (χ1) is 9.38. The Morgan fingerprint density at radius 2 is 2.10 bits per heavy atom. The van der Waals surface area contributed by atoms with Crippen molar-refractivity contribution in [2.24, 2.45) is 11.8 Å². The molecule has 0 aromatic heterocycles. The summed E-state index contributed by atoms with van der Waals surface area (Å²) in [4.78, 5) is 1.72. The minimum absolute atomic E-state index is 0.0295. The summed E-state index contributed by atoms with van der Waals surface area (Å²) in [5.74, 6) is 0.0757. The van der Waals surface area contributed by atoms with E-state index in [1.54, 1.807) is 11.9 Å². The average molecular weight is 304 g/mol. The molecule has 4 nitrogen and oxygen atoms in total. The number of nitrogens with zero attached hydrogens (tertiary/aromatic N) is 1. The van der Waals surface area contributed by atoms with E-state index in [1.165, 1.54) is 0 Å². The van der Waals surface area contributed by atoms with Gasteiger partial charge in [0.25, 0.3) is 0 Å². The van der Waals surface area contributed by atoms with Crippen LogP contribution in [0, 0.1) is 23.5 Å². The molecule has 0 spiro atoms. The molecule has 0 bridgehead atoms. The quantitative estimate of drug-likeness (QED) is 0.793. The number of hydrogen-bond acceptors (Lipinski definition) is 2. The van der Waals surface area contributed by atoms with Crippen molar-refractivity contribution in [2.45, 2.75) is 19.9 Å². The van der Waals surface area contributed by atoms with Crippen LogP contribution in [0.1, 0.15) is 18.9 Å². The zero-order valence-corrected chi connectivity index (χ0v) is 12.2. The van der Waals surface area contributed by atoms with E-state index in [2.05, 4.69) is 11.6 Å². The predicted octanol–water partition coefficient (Wildman–Crippen LogP) is 2.28. The van der Waals surface area contributed by atoms with Crippen LogP contribution in [0.4, 0.5) is 14.5 Å². The lowest BCUT2D eigenvalue weighted by molar-refractivity contribution is 0.542. The Morgan fingerprint density at radius 3 is 2.65 bits per heavy atom. The van der Waals surface area contributed by atoms with Crippen LogP contribution in [0.2, 0.25) is 0 Å². The summed E-state index contributed by atoms with van der Waals surface area (Å²) in [6, 6.07) is 2.21. The van der Waals surface area contributed by atoms with Gasteiger partial charge >= 0.3 is 0 Å². The lowest BCUT2D eigenvalue weighted by Gasteiger charge is -2.20. The lowest BCUT2D eigenvalue weighted by Crippen LogP contribution is -2.22. The Labute approximate surface area is 119 Å². The third-order valence-electron chi connectivity index (χ3n) is 3.70. The predicted molar refractivity (Wildman–Crippen MR) is 74.5 cm³/mol. The van der Waals surface area contributed by atoms with Gasteiger partial charge < -0.3 is 4.90 Å². The standard InChI is InChI=1S/C13H18F2N2O2S/c1-8-3-10(8)7-17(2)13-5-11(14)9(4-12(13)15)6-16-20(18)19/h4-5,8,10,16H,3,6-7H2,1-2H3,(H,18,19). The zero-order chi connectivity index (χ0) is 14.9. The van der Waals surface area contributed by atoms with Crippen LogP contribution in [-0.4, -0.2) is 22.4 Å². The van der Waals surface area contributed by atoms with Gasteiger partial charge in [-0.1, -0.05) is 6.92 Å². The normalized spacial score (nSPS) is 22.6. The third-order valence-corrected chi connectivity index (χ3v) is 4.09. The van der Waals surface area contributed by atoms with E-state index in [0.29, 0.717) is 18.4 Å². The van der Waals surface area contributed by atoms with Gasteiger partial charge in [0.1, 0.15) is 11.6 Å². The van der Waals surface area contributed by atoms with Gasteiger partial charge in [0.05, 0.1) is 5.69 Å². The number of anilines is 1. The molecule has 1 saturated carbocycles. The molecule has 3 atom stereocenters. The SMILES string of the molecule is CC1CC1CN(C)c1cc(F)c(CNS(=O)O)cc1F. The Bertz CT molecular complexity index is 527. The summed E-state index contributed by atoms with van der Waals surface area (Å²) in [7, 11) is 1.74. The van der Waals surface area contributed by atoms with Crippen LogP contribution in [0.25, 0.3) is 0 Å². The Balaban J connectivity index is 2.10. The maximum atomic E-state index is 14.0. The van der Waals surface area contributed by atoms with Gasteiger partial charge in [-0.2, -0.15) is 0 Å². The monoisotopic (exact) mass is 304 g/mol. The second-order valence-electron chi connectivity index (χ2n) is 5.32. The summed E-state index contributed by atoms with van der Waals surface area (Å²) < 4.78 is 49.1. The van der Waals surface area contributed by atoms with Crippen LogP contribution in [0.15, 0.2) is 12.1 Å². The Kier molecular flexibility index (Phi) is 4.72. The van der Waals surface area contributed by atoms with Crippen LogP contribution in [0.5, 0.6) is 0 Å². The number of nitrogens with one attached hydrogen (secondary N) is 1. The van der Waals surface area contributed by atoms with Crippen molar-refractivity contribution >= 4 is 17.0 Å². The van der Waals surface area contributed by atoms with Crippen LogP contribution in [0.3, 0.4) is 0 Å². The topological polar surface area (TPSA) is 52.6 Å². The number of hydrogen-bond donors (Lipinski definition) is 2. The molecule has 20 heavy (non-hydrogen) atoms. The molecule has 7 heteroatoms. The van der Waals surface area contributed by atoms with E-state index in [9.17, 15) is 13.0 Å².